The summed E-state index contributed by atoms with van der Waals surface area (Å²) in [5.74, 6) is 0.868. The van der Waals surface area contributed by atoms with Crippen molar-refractivity contribution in [2.75, 3.05) is 20.1 Å². The Labute approximate surface area is 182 Å². The van der Waals surface area contributed by atoms with Gasteiger partial charge in [0.05, 0.1) is 6.54 Å². The monoisotopic (exact) mass is 502 g/mol. The lowest BCUT2D eigenvalue weighted by Gasteiger charge is -2.17. The van der Waals surface area contributed by atoms with E-state index < -0.39 is 0 Å². The van der Waals surface area contributed by atoms with E-state index in [1.54, 1.807) is 42.1 Å². The van der Waals surface area contributed by atoms with Crippen molar-refractivity contribution in [1.29, 1.82) is 0 Å². The number of nitrogens with zero attached hydrogens (tertiary/aromatic N) is 2. The molecule has 2 aromatic rings. The summed E-state index contributed by atoms with van der Waals surface area (Å²) in [5.41, 5.74) is 0.0234. The van der Waals surface area contributed by atoms with Crippen LogP contribution in [-0.2, 0) is 6.54 Å². The van der Waals surface area contributed by atoms with Gasteiger partial charge >= 0.3 is 0 Å². The first-order chi connectivity index (χ1) is 13.1. The molecule has 1 heterocycles. The summed E-state index contributed by atoms with van der Waals surface area (Å²) in [6.07, 6.45) is 3.47. The normalized spacial score (nSPS) is 12.0. The van der Waals surface area contributed by atoms with Crippen LogP contribution in [0.3, 0.4) is 0 Å². The second-order valence-corrected chi connectivity index (χ2v) is 6.21. The van der Waals surface area contributed by atoms with Crippen LogP contribution in [0.5, 0.6) is 5.75 Å². The molecule has 2 N–H and O–H groups in total. The number of hydrogen-bond donors (Lipinski definition) is 2. The number of pyridine rings is 1. The zero-order chi connectivity index (χ0) is 19.5. The molecular weight excluding hydrogens is 474 g/mol. The average Bonchev–Trinajstić information content (AvgIpc) is 2.65. The Kier molecular flexibility index (Phi) is 11.2. The fourth-order valence-corrected chi connectivity index (χ4v) is 2.53. The Bertz CT molecular complexity index is 798. The minimum absolute atomic E-state index is 0. The Morgan fingerprint density at radius 2 is 2.04 bits per heavy atom. The maximum Gasteiger partial charge on any atom is 0.250 e. The van der Waals surface area contributed by atoms with Gasteiger partial charge in [0.15, 0.2) is 5.96 Å². The molecule has 6 nitrogen and oxygen atoms in total. The Morgan fingerprint density at radius 3 is 2.75 bits per heavy atom. The highest BCUT2D eigenvalue weighted by molar-refractivity contribution is 14.0. The number of guanidine groups is 1. The molecule has 154 valence electrons. The van der Waals surface area contributed by atoms with Crippen molar-refractivity contribution in [3.8, 4) is 5.75 Å². The van der Waals surface area contributed by atoms with E-state index in [9.17, 15) is 9.18 Å². The number of aryl methyl sites for hydroxylation is 1. The summed E-state index contributed by atoms with van der Waals surface area (Å²) in [6, 6.07) is 11.3. The van der Waals surface area contributed by atoms with E-state index in [0.717, 1.165) is 19.4 Å². The molecule has 0 aliphatic carbocycles. The van der Waals surface area contributed by atoms with Gasteiger partial charge in [0, 0.05) is 38.5 Å². The van der Waals surface area contributed by atoms with Gasteiger partial charge in [-0.25, -0.2) is 4.39 Å². The van der Waals surface area contributed by atoms with Gasteiger partial charge in [0.25, 0.3) is 0 Å². The van der Waals surface area contributed by atoms with Gasteiger partial charge in [0.2, 0.25) is 5.56 Å². The van der Waals surface area contributed by atoms with E-state index in [2.05, 4.69) is 15.6 Å². The van der Waals surface area contributed by atoms with Crippen molar-refractivity contribution >= 4 is 29.9 Å². The van der Waals surface area contributed by atoms with Gasteiger partial charge in [-0.3, -0.25) is 9.79 Å². The van der Waals surface area contributed by atoms with E-state index in [-0.39, 0.29) is 41.5 Å². The summed E-state index contributed by atoms with van der Waals surface area (Å²) >= 11 is 0. The molecule has 0 aliphatic heterocycles. The fourth-order valence-electron chi connectivity index (χ4n) is 2.53. The third kappa shape index (κ3) is 8.73. The van der Waals surface area contributed by atoms with E-state index in [4.69, 9.17) is 4.74 Å². The Hall–Kier alpha value is -2.10. The molecule has 0 fully saturated rings. The van der Waals surface area contributed by atoms with Crippen molar-refractivity contribution < 1.29 is 9.13 Å². The standard InChI is InChI=1S/C20H27FN4O2.HI/c1-16(27-18-9-7-8-17(21)14-18)15-24-20(22-2)23-11-4-6-13-25-12-5-3-10-19(25)26;/h3,5,7-10,12,14,16H,4,6,11,13,15H2,1-2H3,(H2,22,23,24);1H. The van der Waals surface area contributed by atoms with Gasteiger partial charge < -0.3 is 19.9 Å². The maximum absolute atomic E-state index is 13.2. The molecule has 28 heavy (non-hydrogen) atoms. The van der Waals surface area contributed by atoms with E-state index in [0.29, 0.717) is 24.8 Å². The molecular formula is C20H28FIN4O2. The minimum atomic E-state index is -0.317. The van der Waals surface area contributed by atoms with Crippen LogP contribution in [0.15, 0.2) is 58.4 Å². The van der Waals surface area contributed by atoms with Crippen LogP contribution in [0.2, 0.25) is 0 Å². The van der Waals surface area contributed by atoms with Crippen LogP contribution in [-0.4, -0.2) is 36.8 Å². The lowest BCUT2D eigenvalue weighted by molar-refractivity contribution is 0.223. The highest BCUT2D eigenvalue weighted by Gasteiger charge is 2.06. The highest BCUT2D eigenvalue weighted by atomic mass is 127. The van der Waals surface area contributed by atoms with Gasteiger partial charge in [-0.15, -0.1) is 24.0 Å². The molecule has 1 aromatic carbocycles. The number of benzene rings is 1. The van der Waals surface area contributed by atoms with Gasteiger partial charge in [-0.2, -0.15) is 0 Å². The number of hydrogen-bond acceptors (Lipinski definition) is 3. The minimum Gasteiger partial charge on any atom is -0.489 e. The largest absolute Gasteiger partial charge is 0.489 e. The van der Waals surface area contributed by atoms with E-state index >= 15 is 0 Å². The van der Waals surface area contributed by atoms with Gasteiger partial charge in [-0.05, 0) is 38.0 Å². The first kappa shape index (κ1) is 23.9. The van der Waals surface area contributed by atoms with Crippen LogP contribution in [0.25, 0.3) is 0 Å². The first-order valence-electron chi connectivity index (χ1n) is 9.10. The van der Waals surface area contributed by atoms with Crippen LogP contribution in [0.4, 0.5) is 4.39 Å². The average molecular weight is 502 g/mol. The number of rotatable bonds is 9. The smallest absolute Gasteiger partial charge is 0.250 e. The predicted octanol–water partition coefficient (Wildman–Crippen LogP) is 3.02. The molecule has 1 aromatic heterocycles. The second-order valence-electron chi connectivity index (χ2n) is 6.21. The molecule has 0 saturated heterocycles. The number of aliphatic imine (C=N–C) groups is 1. The van der Waals surface area contributed by atoms with E-state index in [1.165, 1.54) is 12.1 Å². The van der Waals surface area contributed by atoms with Crippen molar-refractivity contribution in [2.24, 2.45) is 4.99 Å². The molecule has 2 rings (SSSR count). The number of ether oxygens (including phenoxy) is 1. The van der Waals surface area contributed by atoms with Crippen LogP contribution in [0, 0.1) is 5.82 Å². The quantitative estimate of drug-likeness (QED) is 0.240. The topological polar surface area (TPSA) is 67.7 Å². The lowest BCUT2D eigenvalue weighted by Crippen LogP contribution is -2.42. The summed E-state index contributed by atoms with van der Waals surface area (Å²) in [6.45, 7) is 3.89. The predicted molar refractivity (Wildman–Crippen MR) is 121 cm³/mol. The van der Waals surface area contributed by atoms with Crippen LogP contribution >= 0.6 is 24.0 Å². The Morgan fingerprint density at radius 1 is 1.21 bits per heavy atom. The SMILES string of the molecule is CN=C(NCCCCn1ccccc1=O)NCC(C)Oc1cccc(F)c1.I. The molecule has 8 heteroatoms. The van der Waals surface area contributed by atoms with E-state index in [1.807, 2.05) is 13.0 Å². The van der Waals surface area contributed by atoms with Crippen LogP contribution in [0.1, 0.15) is 19.8 Å². The zero-order valence-corrected chi connectivity index (χ0v) is 18.6. The van der Waals surface area contributed by atoms with Gasteiger partial charge in [0.1, 0.15) is 17.7 Å². The second kappa shape index (κ2) is 13.1. The van der Waals surface area contributed by atoms with Crippen molar-refractivity contribution in [3.63, 3.8) is 0 Å². The molecule has 0 radical (unpaired) electrons. The molecule has 0 amide bonds. The molecule has 0 saturated carbocycles. The van der Waals surface area contributed by atoms with Gasteiger partial charge in [-0.1, -0.05) is 12.1 Å². The molecule has 0 aliphatic rings. The fraction of sp³-hybridized carbons (Fsp3) is 0.400. The maximum atomic E-state index is 13.2. The zero-order valence-electron chi connectivity index (χ0n) is 16.2. The summed E-state index contributed by atoms with van der Waals surface area (Å²) in [7, 11) is 1.71. The molecule has 1 unspecified atom stereocenters. The highest BCUT2D eigenvalue weighted by Crippen LogP contribution is 2.13. The van der Waals surface area contributed by atoms with Crippen LogP contribution < -0.4 is 20.9 Å². The third-order valence-corrected chi connectivity index (χ3v) is 3.93. The lowest BCUT2D eigenvalue weighted by atomic mass is 10.3. The number of nitrogens with one attached hydrogen (secondary N) is 2. The number of aromatic nitrogens is 1. The Balaban J connectivity index is 0.00000392. The number of unbranched alkanes of at least 4 members (excludes halogenated alkanes) is 1. The third-order valence-electron chi connectivity index (χ3n) is 3.93. The summed E-state index contributed by atoms with van der Waals surface area (Å²) in [5, 5.41) is 6.42. The van der Waals surface area contributed by atoms with Crippen molar-refractivity contribution in [2.45, 2.75) is 32.4 Å². The van der Waals surface area contributed by atoms with Crippen molar-refractivity contribution in [3.05, 3.63) is 64.8 Å². The molecule has 1 atom stereocenters. The first-order valence-corrected chi connectivity index (χ1v) is 9.10. The summed E-state index contributed by atoms with van der Waals surface area (Å²) < 4.78 is 20.6. The summed E-state index contributed by atoms with van der Waals surface area (Å²) in [4.78, 5) is 15.8. The number of halogens is 2. The van der Waals surface area contributed by atoms with Crippen molar-refractivity contribution in [1.82, 2.24) is 15.2 Å². The molecule has 0 bridgehead atoms. The molecule has 0 spiro atoms.